The van der Waals surface area contributed by atoms with E-state index < -0.39 is 0 Å². The Morgan fingerprint density at radius 1 is 1.35 bits per heavy atom. The van der Waals surface area contributed by atoms with Crippen molar-refractivity contribution >= 4 is 28.3 Å². The predicted octanol–water partition coefficient (Wildman–Crippen LogP) is 4.02. The van der Waals surface area contributed by atoms with E-state index in [-0.39, 0.29) is 5.91 Å². The van der Waals surface area contributed by atoms with Gasteiger partial charge < -0.3 is 4.90 Å². The molecule has 0 unspecified atom stereocenters. The maximum atomic E-state index is 13.6. The van der Waals surface area contributed by atoms with Crippen molar-refractivity contribution in [3.8, 4) is 0 Å². The zero-order valence-electron chi connectivity index (χ0n) is 15.1. The van der Waals surface area contributed by atoms with Gasteiger partial charge in [-0.15, -0.1) is 11.3 Å². The molecule has 0 aliphatic heterocycles. The third-order valence-electron chi connectivity index (χ3n) is 5.37. The van der Waals surface area contributed by atoms with Crippen LogP contribution in [0.4, 0.5) is 0 Å². The summed E-state index contributed by atoms with van der Waals surface area (Å²) in [7, 11) is 1.91. The molecule has 0 aromatic carbocycles. The second-order valence-corrected chi connectivity index (χ2v) is 8.55. The average Bonchev–Trinajstić information content (AvgIpc) is 3.56. The van der Waals surface area contributed by atoms with Crippen LogP contribution in [0.3, 0.4) is 0 Å². The van der Waals surface area contributed by atoms with Crippen molar-refractivity contribution in [1.82, 2.24) is 19.7 Å². The van der Waals surface area contributed by atoms with E-state index in [1.807, 2.05) is 24.7 Å². The summed E-state index contributed by atoms with van der Waals surface area (Å²) in [6.07, 6.45) is 4.55. The van der Waals surface area contributed by atoms with Crippen molar-refractivity contribution in [3.05, 3.63) is 45.4 Å². The SMILES string of the molecule is Cc1nn(C)c2nc(C3CC3)cc(C(=O)N(Cc3cccs3)C3CC3)c12. The van der Waals surface area contributed by atoms with Gasteiger partial charge >= 0.3 is 0 Å². The van der Waals surface area contributed by atoms with Crippen LogP contribution in [0.25, 0.3) is 11.0 Å². The highest BCUT2D eigenvalue weighted by molar-refractivity contribution is 7.09. The van der Waals surface area contributed by atoms with E-state index in [4.69, 9.17) is 4.98 Å². The Hall–Kier alpha value is -2.21. The van der Waals surface area contributed by atoms with Crippen LogP contribution in [0, 0.1) is 6.92 Å². The molecule has 2 fully saturated rings. The number of thiophene rings is 1. The van der Waals surface area contributed by atoms with E-state index in [1.54, 1.807) is 11.3 Å². The van der Waals surface area contributed by atoms with Gasteiger partial charge in [-0.3, -0.25) is 9.48 Å². The van der Waals surface area contributed by atoms with Gasteiger partial charge in [0.2, 0.25) is 0 Å². The number of aryl methyl sites for hydroxylation is 2. The number of pyridine rings is 1. The maximum Gasteiger partial charge on any atom is 0.255 e. The highest BCUT2D eigenvalue weighted by Crippen LogP contribution is 2.41. The molecule has 2 saturated carbocycles. The Bertz CT molecular complexity index is 983. The summed E-state index contributed by atoms with van der Waals surface area (Å²) in [5.74, 6) is 0.638. The lowest BCUT2D eigenvalue weighted by Crippen LogP contribution is -2.32. The van der Waals surface area contributed by atoms with Gasteiger partial charge in [-0.05, 0) is 50.1 Å². The van der Waals surface area contributed by atoms with Crippen molar-refractivity contribution in [3.63, 3.8) is 0 Å². The first-order valence-corrected chi connectivity index (χ1v) is 10.2. The molecule has 3 heterocycles. The molecule has 5 rings (SSSR count). The standard InChI is InChI=1S/C20H22N4OS/c1-12-18-16(10-17(13-5-6-13)21-19(18)23(2)22-12)20(25)24(14-7-8-14)11-15-4-3-9-26-15/h3-4,9-10,13-14H,5-8,11H2,1-2H3. The summed E-state index contributed by atoms with van der Waals surface area (Å²) >= 11 is 1.72. The van der Waals surface area contributed by atoms with Gasteiger partial charge in [0.1, 0.15) is 0 Å². The molecule has 26 heavy (non-hydrogen) atoms. The Morgan fingerprint density at radius 2 is 2.15 bits per heavy atom. The van der Waals surface area contributed by atoms with Gasteiger partial charge in [-0.1, -0.05) is 6.07 Å². The minimum atomic E-state index is 0.131. The molecule has 3 aromatic heterocycles. The Balaban J connectivity index is 1.60. The van der Waals surface area contributed by atoms with Gasteiger partial charge in [-0.2, -0.15) is 5.10 Å². The highest BCUT2D eigenvalue weighted by atomic mass is 32.1. The normalized spacial score (nSPS) is 17.0. The molecule has 0 N–H and O–H groups in total. The third kappa shape index (κ3) is 2.72. The first-order chi connectivity index (χ1) is 12.6. The molecule has 2 aliphatic rings. The number of amides is 1. The van der Waals surface area contributed by atoms with Crippen LogP contribution < -0.4 is 0 Å². The Kier molecular flexibility index (Phi) is 3.64. The van der Waals surface area contributed by atoms with E-state index in [0.717, 1.165) is 40.8 Å². The van der Waals surface area contributed by atoms with Crippen LogP contribution in [0.5, 0.6) is 0 Å². The fourth-order valence-corrected chi connectivity index (χ4v) is 4.40. The van der Waals surface area contributed by atoms with Crippen LogP contribution in [0.1, 0.15) is 58.2 Å². The Morgan fingerprint density at radius 3 is 2.81 bits per heavy atom. The van der Waals surface area contributed by atoms with E-state index in [2.05, 4.69) is 27.5 Å². The van der Waals surface area contributed by atoms with Crippen LogP contribution in [-0.4, -0.2) is 31.6 Å². The Labute approximate surface area is 156 Å². The summed E-state index contributed by atoms with van der Waals surface area (Å²) in [5, 5.41) is 7.53. The molecule has 0 atom stereocenters. The van der Waals surface area contributed by atoms with E-state index in [0.29, 0.717) is 18.5 Å². The lowest BCUT2D eigenvalue weighted by molar-refractivity contribution is 0.0733. The summed E-state index contributed by atoms with van der Waals surface area (Å²) in [6.45, 7) is 2.67. The van der Waals surface area contributed by atoms with Gasteiger partial charge in [0, 0.05) is 29.6 Å². The quantitative estimate of drug-likeness (QED) is 0.685. The maximum absolute atomic E-state index is 13.6. The summed E-state index contributed by atoms with van der Waals surface area (Å²) in [4.78, 5) is 21.7. The van der Waals surface area contributed by atoms with Gasteiger partial charge in [-0.25, -0.2) is 4.98 Å². The number of carbonyl (C=O) groups excluding carboxylic acids is 1. The molecule has 0 saturated heterocycles. The molecule has 1 amide bonds. The third-order valence-corrected chi connectivity index (χ3v) is 6.23. The summed E-state index contributed by atoms with van der Waals surface area (Å²) < 4.78 is 1.81. The minimum Gasteiger partial charge on any atom is -0.330 e. The highest BCUT2D eigenvalue weighted by Gasteiger charge is 2.35. The molecule has 0 bridgehead atoms. The van der Waals surface area contributed by atoms with Gasteiger partial charge in [0.05, 0.1) is 23.2 Å². The summed E-state index contributed by atoms with van der Waals surface area (Å²) in [5.41, 5.74) is 3.55. The van der Waals surface area contributed by atoms with Crippen molar-refractivity contribution in [2.75, 3.05) is 0 Å². The van der Waals surface area contributed by atoms with Crippen molar-refractivity contribution in [2.45, 2.75) is 51.1 Å². The lowest BCUT2D eigenvalue weighted by atomic mass is 10.1. The monoisotopic (exact) mass is 366 g/mol. The second-order valence-electron chi connectivity index (χ2n) is 7.52. The van der Waals surface area contributed by atoms with E-state index in [9.17, 15) is 4.79 Å². The average molecular weight is 366 g/mol. The van der Waals surface area contributed by atoms with Crippen LogP contribution in [-0.2, 0) is 13.6 Å². The van der Waals surface area contributed by atoms with Crippen molar-refractivity contribution in [2.24, 2.45) is 7.05 Å². The fourth-order valence-electron chi connectivity index (χ4n) is 3.70. The smallest absolute Gasteiger partial charge is 0.255 e. The molecule has 3 aromatic rings. The van der Waals surface area contributed by atoms with Crippen molar-refractivity contribution < 1.29 is 4.79 Å². The van der Waals surface area contributed by atoms with E-state index >= 15 is 0 Å². The number of rotatable bonds is 5. The van der Waals surface area contributed by atoms with Crippen molar-refractivity contribution in [1.29, 1.82) is 0 Å². The first kappa shape index (κ1) is 16.0. The predicted molar refractivity (Wildman–Crippen MR) is 102 cm³/mol. The number of hydrogen-bond acceptors (Lipinski definition) is 4. The molecular formula is C20H22N4OS. The van der Waals surface area contributed by atoms with Crippen LogP contribution >= 0.6 is 11.3 Å². The fraction of sp³-hybridized carbons (Fsp3) is 0.450. The molecular weight excluding hydrogens is 344 g/mol. The minimum absolute atomic E-state index is 0.131. The zero-order chi connectivity index (χ0) is 17.8. The number of hydrogen-bond donors (Lipinski definition) is 0. The molecule has 134 valence electrons. The van der Waals surface area contributed by atoms with Gasteiger partial charge in [0.25, 0.3) is 5.91 Å². The second kappa shape index (κ2) is 5.91. The summed E-state index contributed by atoms with van der Waals surface area (Å²) in [6, 6.07) is 6.58. The zero-order valence-corrected chi connectivity index (χ0v) is 15.9. The van der Waals surface area contributed by atoms with Crippen LogP contribution in [0.15, 0.2) is 23.6 Å². The number of aromatic nitrogens is 3. The molecule has 6 heteroatoms. The van der Waals surface area contributed by atoms with E-state index in [1.165, 1.54) is 17.7 Å². The lowest BCUT2D eigenvalue weighted by Gasteiger charge is -2.22. The number of nitrogens with zero attached hydrogens (tertiary/aromatic N) is 4. The first-order valence-electron chi connectivity index (χ1n) is 9.29. The number of carbonyl (C=O) groups is 1. The molecule has 0 spiro atoms. The largest absolute Gasteiger partial charge is 0.330 e. The molecule has 0 radical (unpaired) electrons. The topological polar surface area (TPSA) is 51.0 Å². The van der Waals surface area contributed by atoms with Crippen LogP contribution in [0.2, 0.25) is 0 Å². The van der Waals surface area contributed by atoms with Gasteiger partial charge in [0.15, 0.2) is 5.65 Å². The number of fused-ring (bicyclic) bond motifs is 1. The molecule has 2 aliphatic carbocycles. The molecule has 5 nitrogen and oxygen atoms in total.